The van der Waals surface area contributed by atoms with Gasteiger partial charge in [-0.25, -0.2) is 0 Å². The molecule has 20 heavy (non-hydrogen) atoms. The fourth-order valence-electron chi connectivity index (χ4n) is 1.64. The molecule has 0 aliphatic carbocycles. The first kappa shape index (κ1) is 13.6. The molecule has 2 aromatic rings. The molecule has 0 radical (unpaired) electrons. The topological polar surface area (TPSA) is 113 Å². The summed E-state index contributed by atoms with van der Waals surface area (Å²) in [5.74, 6) is -0.127. The van der Waals surface area contributed by atoms with Crippen LogP contribution in [0.5, 0.6) is 0 Å². The van der Waals surface area contributed by atoms with Gasteiger partial charge in [0.2, 0.25) is 5.91 Å². The summed E-state index contributed by atoms with van der Waals surface area (Å²) in [5.41, 5.74) is 7.37. The van der Waals surface area contributed by atoms with Crippen molar-refractivity contribution in [1.82, 2.24) is 15.5 Å². The van der Waals surface area contributed by atoms with Crippen LogP contribution >= 0.6 is 0 Å². The Bertz CT molecular complexity index is 618. The first-order valence-corrected chi connectivity index (χ1v) is 6.00. The van der Waals surface area contributed by atoms with Gasteiger partial charge in [-0.1, -0.05) is 12.1 Å². The minimum absolute atomic E-state index is 0.122. The SMILES string of the molecule is CC(=O)Nc1ccc(CNC(=O)c2cc(N)n[nH]2)cc1. The minimum Gasteiger partial charge on any atom is -0.382 e. The average molecular weight is 273 g/mol. The van der Waals surface area contributed by atoms with Gasteiger partial charge in [-0.15, -0.1) is 0 Å². The third kappa shape index (κ3) is 3.58. The van der Waals surface area contributed by atoms with E-state index in [0.717, 1.165) is 5.56 Å². The quantitative estimate of drug-likeness (QED) is 0.662. The summed E-state index contributed by atoms with van der Waals surface area (Å²) in [5, 5.41) is 11.6. The molecule has 0 spiro atoms. The number of hydrogen-bond acceptors (Lipinski definition) is 4. The number of anilines is 2. The average Bonchev–Trinajstić information content (AvgIpc) is 2.84. The molecule has 0 aliphatic rings. The molecule has 0 bridgehead atoms. The highest BCUT2D eigenvalue weighted by Crippen LogP contribution is 2.09. The molecular formula is C13H15N5O2. The van der Waals surface area contributed by atoms with Crippen molar-refractivity contribution in [1.29, 1.82) is 0 Å². The number of carbonyl (C=O) groups is 2. The second kappa shape index (κ2) is 5.87. The van der Waals surface area contributed by atoms with E-state index >= 15 is 0 Å². The van der Waals surface area contributed by atoms with E-state index in [4.69, 9.17) is 5.73 Å². The van der Waals surface area contributed by atoms with Gasteiger partial charge < -0.3 is 16.4 Å². The number of amides is 2. The van der Waals surface area contributed by atoms with Gasteiger partial charge in [-0.05, 0) is 17.7 Å². The van der Waals surface area contributed by atoms with Crippen LogP contribution in [0.15, 0.2) is 30.3 Å². The van der Waals surface area contributed by atoms with Crippen LogP contribution in [-0.2, 0) is 11.3 Å². The Morgan fingerprint density at radius 2 is 2.00 bits per heavy atom. The number of carbonyl (C=O) groups excluding carboxylic acids is 2. The van der Waals surface area contributed by atoms with E-state index in [1.54, 1.807) is 12.1 Å². The molecule has 0 unspecified atom stereocenters. The molecule has 0 aliphatic heterocycles. The fraction of sp³-hybridized carbons (Fsp3) is 0.154. The predicted molar refractivity (Wildman–Crippen MR) is 74.9 cm³/mol. The van der Waals surface area contributed by atoms with Crippen LogP contribution in [0.1, 0.15) is 23.0 Å². The van der Waals surface area contributed by atoms with Gasteiger partial charge in [0.05, 0.1) is 0 Å². The number of benzene rings is 1. The maximum Gasteiger partial charge on any atom is 0.269 e. The fourth-order valence-corrected chi connectivity index (χ4v) is 1.64. The molecule has 1 heterocycles. The van der Waals surface area contributed by atoms with Crippen molar-refractivity contribution in [3.8, 4) is 0 Å². The molecule has 2 rings (SSSR count). The lowest BCUT2D eigenvalue weighted by Gasteiger charge is -2.06. The number of aromatic amines is 1. The number of nitrogens with two attached hydrogens (primary N) is 1. The van der Waals surface area contributed by atoms with E-state index in [9.17, 15) is 9.59 Å². The van der Waals surface area contributed by atoms with Gasteiger partial charge in [0.15, 0.2) is 0 Å². The van der Waals surface area contributed by atoms with Crippen molar-refractivity contribution in [2.24, 2.45) is 0 Å². The zero-order chi connectivity index (χ0) is 14.5. The van der Waals surface area contributed by atoms with Crippen LogP contribution in [0.3, 0.4) is 0 Å². The molecule has 2 amide bonds. The molecule has 104 valence electrons. The third-order valence-electron chi connectivity index (χ3n) is 2.57. The zero-order valence-electron chi connectivity index (χ0n) is 10.9. The highest BCUT2D eigenvalue weighted by atomic mass is 16.2. The Morgan fingerprint density at radius 1 is 1.30 bits per heavy atom. The molecule has 0 atom stereocenters. The number of nitrogen functional groups attached to an aromatic ring is 1. The Hall–Kier alpha value is -2.83. The predicted octanol–water partition coefficient (Wildman–Crippen LogP) is 0.880. The van der Waals surface area contributed by atoms with Crippen molar-refractivity contribution in [3.63, 3.8) is 0 Å². The smallest absolute Gasteiger partial charge is 0.269 e. The Labute approximate surface area is 115 Å². The number of H-pyrrole nitrogens is 1. The molecule has 1 aromatic carbocycles. The van der Waals surface area contributed by atoms with E-state index in [1.165, 1.54) is 13.0 Å². The van der Waals surface area contributed by atoms with Gasteiger partial charge in [0.1, 0.15) is 11.5 Å². The summed E-state index contributed by atoms with van der Waals surface area (Å²) in [6, 6.07) is 8.67. The molecule has 5 N–H and O–H groups in total. The van der Waals surface area contributed by atoms with Crippen LogP contribution in [-0.4, -0.2) is 22.0 Å². The van der Waals surface area contributed by atoms with Gasteiger partial charge in [0, 0.05) is 25.2 Å². The zero-order valence-corrected chi connectivity index (χ0v) is 10.9. The Morgan fingerprint density at radius 3 is 2.55 bits per heavy atom. The maximum atomic E-state index is 11.7. The van der Waals surface area contributed by atoms with Gasteiger partial charge in [0.25, 0.3) is 5.91 Å². The number of aromatic nitrogens is 2. The maximum absolute atomic E-state index is 11.7. The summed E-state index contributed by atoms with van der Waals surface area (Å²) in [6.45, 7) is 1.82. The summed E-state index contributed by atoms with van der Waals surface area (Å²) in [4.78, 5) is 22.6. The summed E-state index contributed by atoms with van der Waals surface area (Å²) in [7, 11) is 0. The monoisotopic (exact) mass is 273 g/mol. The summed E-state index contributed by atoms with van der Waals surface area (Å²) >= 11 is 0. The lowest BCUT2D eigenvalue weighted by Crippen LogP contribution is -2.23. The number of rotatable bonds is 4. The largest absolute Gasteiger partial charge is 0.382 e. The number of nitrogens with zero attached hydrogens (tertiary/aromatic N) is 1. The Balaban J connectivity index is 1.90. The molecule has 0 saturated carbocycles. The van der Waals surface area contributed by atoms with Crippen molar-refractivity contribution in [2.75, 3.05) is 11.1 Å². The molecule has 7 heteroatoms. The molecule has 0 fully saturated rings. The highest BCUT2D eigenvalue weighted by molar-refractivity contribution is 5.92. The van der Waals surface area contributed by atoms with E-state index < -0.39 is 0 Å². The van der Waals surface area contributed by atoms with E-state index in [-0.39, 0.29) is 17.6 Å². The summed E-state index contributed by atoms with van der Waals surface area (Å²) in [6.07, 6.45) is 0. The minimum atomic E-state index is -0.278. The van der Waals surface area contributed by atoms with Crippen LogP contribution in [0.4, 0.5) is 11.5 Å². The molecular weight excluding hydrogens is 258 g/mol. The van der Waals surface area contributed by atoms with Gasteiger partial charge >= 0.3 is 0 Å². The summed E-state index contributed by atoms with van der Waals surface area (Å²) < 4.78 is 0. The van der Waals surface area contributed by atoms with E-state index in [1.807, 2.05) is 12.1 Å². The van der Waals surface area contributed by atoms with Crippen LogP contribution in [0.25, 0.3) is 0 Å². The van der Waals surface area contributed by atoms with Crippen LogP contribution < -0.4 is 16.4 Å². The first-order valence-electron chi connectivity index (χ1n) is 6.00. The van der Waals surface area contributed by atoms with Crippen molar-refractivity contribution >= 4 is 23.3 Å². The number of hydrogen-bond donors (Lipinski definition) is 4. The lowest BCUT2D eigenvalue weighted by molar-refractivity contribution is -0.114. The van der Waals surface area contributed by atoms with Gasteiger partial charge in [-0.3, -0.25) is 14.7 Å². The van der Waals surface area contributed by atoms with E-state index in [2.05, 4.69) is 20.8 Å². The van der Waals surface area contributed by atoms with Crippen molar-refractivity contribution in [3.05, 3.63) is 41.6 Å². The van der Waals surface area contributed by atoms with Crippen LogP contribution in [0.2, 0.25) is 0 Å². The van der Waals surface area contributed by atoms with E-state index in [0.29, 0.717) is 17.9 Å². The lowest BCUT2D eigenvalue weighted by atomic mass is 10.2. The second-order valence-electron chi connectivity index (χ2n) is 4.27. The van der Waals surface area contributed by atoms with Crippen LogP contribution in [0, 0.1) is 0 Å². The third-order valence-corrected chi connectivity index (χ3v) is 2.57. The normalized spacial score (nSPS) is 10.1. The first-order chi connectivity index (χ1) is 9.54. The highest BCUT2D eigenvalue weighted by Gasteiger charge is 2.08. The standard InChI is InChI=1S/C13H15N5O2/c1-8(19)16-10-4-2-9(3-5-10)7-15-13(20)11-6-12(14)18-17-11/h2-6H,7H2,1H3,(H,15,20)(H,16,19)(H3,14,17,18). The molecule has 0 saturated heterocycles. The molecule has 7 nitrogen and oxygen atoms in total. The van der Waals surface area contributed by atoms with Gasteiger partial charge in [-0.2, -0.15) is 5.10 Å². The van der Waals surface area contributed by atoms with Crippen molar-refractivity contribution in [2.45, 2.75) is 13.5 Å². The van der Waals surface area contributed by atoms with Crippen molar-refractivity contribution < 1.29 is 9.59 Å². The number of nitrogens with one attached hydrogen (secondary N) is 3. The Kier molecular flexibility index (Phi) is 3.99. The molecule has 1 aromatic heterocycles. The second-order valence-corrected chi connectivity index (χ2v) is 4.27.